The number of fused-ring (bicyclic) bond motifs is 1. The van der Waals surface area contributed by atoms with Crippen molar-refractivity contribution in [3.8, 4) is 17.6 Å². The summed E-state index contributed by atoms with van der Waals surface area (Å²) in [7, 11) is 0. The van der Waals surface area contributed by atoms with Crippen molar-refractivity contribution in [3.05, 3.63) is 143 Å². The number of hydrogen-bond donors (Lipinski definition) is 0. The van der Waals surface area contributed by atoms with Crippen molar-refractivity contribution in [1.29, 1.82) is 0 Å². The van der Waals surface area contributed by atoms with Crippen LogP contribution in [0.2, 0.25) is 0 Å². The standard InChI is InChI=1S/C33H27NO/c1-25-11-15-27(16-12-25)9-6-10-32(29-17-13-26(2)14-18-29)34-22-21-30-23-31(19-20-33(30)34)35-24-28-7-4-3-5-8-28/h3-5,7-8,10-23H,24H2,1-2H3/b32-10-. The van der Waals surface area contributed by atoms with Gasteiger partial charge in [-0.05, 0) is 61.4 Å². The third-order valence-electron chi connectivity index (χ3n) is 5.99. The first-order valence-electron chi connectivity index (χ1n) is 11.8. The van der Waals surface area contributed by atoms with E-state index >= 15 is 0 Å². The van der Waals surface area contributed by atoms with Crippen LogP contribution >= 0.6 is 0 Å². The van der Waals surface area contributed by atoms with Crippen LogP contribution in [0, 0.1) is 25.7 Å². The third kappa shape index (κ3) is 5.37. The van der Waals surface area contributed by atoms with Gasteiger partial charge in [0.2, 0.25) is 0 Å². The molecule has 0 fully saturated rings. The molecule has 0 N–H and O–H groups in total. The van der Waals surface area contributed by atoms with Gasteiger partial charge < -0.3 is 9.30 Å². The van der Waals surface area contributed by atoms with Crippen LogP contribution in [0.1, 0.15) is 27.8 Å². The van der Waals surface area contributed by atoms with Crippen molar-refractivity contribution in [1.82, 2.24) is 4.57 Å². The molecule has 2 heteroatoms. The minimum absolute atomic E-state index is 0.552. The maximum absolute atomic E-state index is 6.04. The highest BCUT2D eigenvalue weighted by Gasteiger charge is 2.09. The summed E-state index contributed by atoms with van der Waals surface area (Å²) in [6.07, 6.45) is 4.11. The Kier molecular flexibility index (Phi) is 6.50. The number of aromatic nitrogens is 1. The van der Waals surface area contributed by atoms with Gasteiger partial charge in [-0.15, -0.1) is 0 Å². The Balaban J connectivity index is 1.48. The lowest BCUT2D eigenvalue weighted by molar-refractivity contribution is 0.306. The zero-order chi connectivity index (χ0) is 24.0. The molecular formula is C33H27NO. The van der Waals surface area contributed by atoms with E-state index in [0.717, 1.165) is 39.0 Å². The van der Waals surface area contributed by atoms with Gasteiger partial charge in [-0.3, -0.25) is 0 Å². The van der Waals surface area contributed by atoms with Crippen LogP contribution in [-0.2, 0) is 6.61 Å². The van der Waals surface area contributed by atoms with Gasteiger partial charge in [0.25, 0.3) is 0 Å². The van der Waals surface area contributed by atoms with Gasteiger partial charge in [0, 0.05) is 23.2 Å². The fraction of sp³-hybridized carbons (Fsp3) is 0.0909. The molecule has 0 aliphatic rings. The quantitative estimate of drug-likeness (QED) is 0.248. The Morgan fingerprint density at radius 2 is 1.51 bits per heavy atom. The van der Waals surface area contributed by atoms with Gasteiger partial charge in [0.1, 0.15) is 12.4 Å². The molecule has 0 bridgehead atoms. The summed E-state index contributed by atoms with van der Waals surface area (Å²) < 4.78 is 8.24. The molecule has 0 radical (unpaired) electrons. The number of aryl methyl sites for hydroxylation is 2. The molecule has 1 aromatic heterocycles. The maximum Gasteiger partial charge on any atom is 0.120 e. The molecule has 170 valence electrons. The number of ether oxygens (including phenoxy) is 1. The molecule has 0 unspecified atom stereocenters. The monoisotopic (exact) mass is 453 g/mol. The van der Waals surface area contributed by atoms with E-state index in [1.165, 1.54) is 11.1 Å². The third-order valence-corrected chi connectivity index (χ3v) is 5.99. The summed E-state index contributed by atoms with van der Waals surface area (Å²) in [4.78, 5) is 0. The normalized spacial score (nSPS) is 11.2. The van der Waals surface area contributed by atoms with Crippen LogP contribution in [-0.4, -0.2) is 4.57 Å². The second-order valence-electron chi connectivity index (χ2n) is 8.71. The van der Waals surface area contributed by atoms with E-state index in [9.17, 15) is 0 Å². The zero-order valence-electron chi connectivity index (χ0n) is 20.0. The lowest BCUT2D eigenvalue weighted by Crippen LogP contribution is -1.98. The van der Waals surface area contributed by atoms with Crippen molar-refractivity contribution in [2.45, 2.75) is 20.5 Å². The van der Waals surface area contributed by atoms with Gasteiger partial charge in [0.05, 0.1) is 11.2 Å². The van der Waals surface area contributed by atoms with Crippen molar-refractivity contribution in [2.24, 2.45) is 0 Å². The first-order chi connectivity index (χ1) is 17.2. The Morgan fingerprint density at radius 3 is 2.26 bits per heavy atom. The Bertz CT molecular complexity index is 1530. The van der Waals surface area contributed by atoms with Gasteiger partial charge in [-0.2, -0.15) is 0 Å². The van der Waals surface area contributed by atoms with Gasteiger partial charge in [-0.1, -0.05) is 89.7 Å². The van der Waals surface area contributed by atoms with E-state index in [0.29, 0.717) is 6.61 Å². The molecule has 0 aliphatic carbocycles. The lowest BCUT2D eigenvalue weighted by atomic mass is 10.1. The number of hydrogen-bond acceptors (Lipinski definition) is 1. The van der Waals surface area contributed by atoms with Gasteiger partial charge in [-0.25, -0.2) is 0 Å². The van der Waals surface area contributed by atoms with E-state index in [-0.39, 0.29) is 0 Å². The Labute approximate surface area is 207 Å². The molecule has 0 spiro atoms. The topological polar surface area (TPSA) is 14.2 Å². The summed E-state index contributed by atoms with van der Waals surface area (Å²) in [5.74, 6) is 7.42. The van der Waals surface area contributed by atoms with Crippen LogP contribution in [0.3, 0.4) is 0 Å². The second-order valence-corrected chi connectivity index (χ2v) is 8.71. The highest BCUT2D eigenvalue weighted by Crippen LogP contribution is 2.28. The summed E-state index contributed by atoms with van der Waals surface area (Å²) in [5, 5.41) is 1.13. The summed E-state index contributed by atoms with van der Waals surface area (Å²) >= 11 is 0. The van der Waals surface area contributed by atoms with Crippen LogP contribution < -0.4 is 4.74 Å². The molecule has 5 rings (SSSR count). The minimum Gasteiger partial charge on any atom is -0.489 e. The summed E-state index contributed by atoms with van der Waals surface area (Å²) in [6.45, 7) is 4.74. The average Bonchev–Trinajstić information content (AvgIpc) is 3.31. The van der Waals surface area contributed by atoms with Crippen molar-refractivity contribution in [3.63, 3.8) is 0 Å². The van der Waals surface area contributed by atoms with Crippen molar-refractivity contribution in [2.75, 3.05) is 0 Å². The van der Waals surface area contributed by atoms with E-state index in [1.807, 2.05) is 30.3 Å². The van der Waals surface area contributed by atoms with Crippen molar-refractivity contribution >= 4 is 16.6 Å². The summed E-state index contributed by atoms with van der Waals surface area (Å²) in [5.41, 5.74) is 7.90. The molecule has 0 amide bonds. The predicted octanol–water partition coefficient (Wildman–Crippen LogP) is 7.78. The maximum atomic E-state index is 6.04. The van der Waals surface area contributed by atoms with E-state index in [1.54, 1.807) is 0 Å². The van der Waals surface area contributed by atoms with E-state index in [2.05, 4.69) is 115 Å². The van der Waals surface area contributed by atoms with Crippen LogP contribution in [0.25, 0.3) is 16.6 Å². The molecule has 1 heterocycles. The van der Waals surface area contributed by atoms with Gasteiger partial charge >= 0.3 is 0 Å². The molecule has 0 saturated carbocycles. The predicted molar refractivity (Wildman–Crippen MR) is 145 cm³/mol. The average molecular weight is 454 g/mol. The first-order valence-corrected chi connectivity index (χ1v) is 11.8. The molecule has 2 nitrogen and oxygen atoms in total. The molecule has 4 aromatic carbocycles. The second kappa shape index (κ2) is 10.2. The van der Waals surface area contributed by atoms with Crippen LogP contribution in [0.5, 0.6) is 5.75 Å². The number of rotatable bonds is 5. The molecule has 0 aliphatic heterocycles. The highest BCUT2D eigenvalue weighted by molar-refractivity contribution is 5.87. The minimum atomic E-state index is 0.552. The highest BCUT2D eigenvalue weighted by atomic mass is 16.5. The Hall–Kier alpha value is -4.48. The molecule has 0 atom stereocenters. The van der Waals surface area contributed by atoms with Crippen LogP contribution in [0.4, 0.5) is 0 Å². The lowest BCUT2D eigenvalue weighted by Gasteiger charge is -2.12. The molecule has 0 saturated heterocycles. The van der Waals surface area contributed by atoms with E-state index in [4.69, 9.17) is 4.74 Å². The number of allylic oxidation sites excluding steroid dienone is 1. The summed E-state index contributed by atoms with van der Waals surface area (Å²) in [6, 6.07) is 35.5. The van der Waals surface area contributed by atoms with Gasteiger partial charge in [0.15, 0.2) is 0 Å². The van der Waals surface area contributed by atoms with E-state index < -0.39 is 0 Å². The number of benzene rings is 4. The molecule has 35 heavy (non-hydrogen) atoms. The van der Waals surface area contributed by atoms with Crippen LogP contribution in [0.15, 0.2) is 115 Å². The first kappa shape index (κ1) is 22.3. The molecule has 5 aromatic rings. The SMILES string of the molecule is Cc1ccc(C#C/C=C(/c2ccc(C)cc2)n2ccc3cc(OCc4ccccc4)ccc32)cc1. The fourth-order valence-corrected chi connectivity index (χ4v) is 4.00. The largest absolute Gasteiger partial charge is 0.489 e. The van der Waals surface area contributed by atoms with Crippen molar-refractivity contribution < 1.29 is 4.74 Å². The molecular weight excluding hydrogens is 426 g/mol. The zero-order valence-corrected chi connectivity index (χ0v) is 20.0. The fourth-order valence-electron chi connectivity index (χ4n) is 4.00. The number of nitrogens with zero attached hydrogens (tertiary/aromatic N) is 1. The Morgan fingerprint density at radius 1 is 0.800 bits per heavy atom. The smallest absolute Gasteiger partial charge is 0.120 e.